The van der Waals surface area contributed by atoms with Gasteiger partial charge in [0.05, 0.1) is 17.1 Å². The van der Waals surface area contributed by atoms with Crippen LogP contribution in [-0.2, 0) is 11.3 Å². The first-order chi connectivity index (χ1) is 13.8. The predicted molar refractivity (Wildman–Crippen MR) is 115 cm³/mol. The minimum absolute atomic E-state index is 0.370. The van der Waals surface area contributed by atoms with Gasteiger partial charge in [0, 0.05) is 43.7 Å². The van der Waals surface area contributed by atoms with Crippen LogP contribution in [0.25, 0.3) is 21.8 Å². The van der Waals surface area contributed by atoms with Gasteiger partial charge in [0.25, 0.3) is 0 Å². The van der Waals surface area contributed by atoms with Gasteiger partial charge >= 0.3 is 0 Å². The van der Waals surface area contributed by atoms with E-state index in [1.807, 2.05) is 7.11 Å². The number of hydrogen-bond acceptors (Lipinski definition) is 3. The van der Waals surface area contributed by atoms with E-state index >= 15 is 0 Å². The third-order valence-corrected chi connectivity index (χ3v) is 5.86. The zero-order chi connectivity index (χ0) is 18.9. The lowest BCUT2D eigenvalue weighted by molar-refractivity contribution is 0.0818. The van der Waals surface area contributed by atoms with E-state index in [1.165, 1.54) is 21.9 Å². The fourth-order valence-corrected chi connectivity index (χ4v) is 4.35. The summed E-state index contributed by atoms with van der Waals surface area (Å²) >= 11 is 0. The molecule has 1 fully saturated rings. The SMILES string of the molecule is COC1CCN(c2nc3ccccc3c3c2ccn3Cc2ccccc2)CC1. The third-order valence-electron chi connectivity index (χ3n) is 5.86. The summed E-state index contributed by atoms with van der Waals surface area (Å²) in [5.41, 5.74) is 3.65. The van der Waals surface area contributed by atoms with Crippen LogP contribution >= 0.6 is 0 Å². The molecule has 4 aromatic rings. The summed E-state index contributed by atoms with van der Waals surface area (Å²) in [4.78, 5) is 7.50. The number of fused-ring (bicyclic) bond motifs is 3. The van der Waals surface area contributed by atoms with Crippen molar-refractivity contribution in [2.75, 3.05) is 25.1 Å². The predicted octanol–water partition coefficient (Wildman–Crippen LogP) is 4.85. The van der Waals surface area contributed by atoms with Crippen LogP contribution < -0.4 is 4.90 Å². The molecule has 0 spiro atoms. The summed E-state index contributed by atoms with van der Waals surface area (Å²) in [6.45, 7) is 2.84. The molecule has 0 aliphatic carbocycles. The Kier molecular flexibility index (Phi) is 4.49. The highest BCUT2D eigenvalue weighted by atomic mass is 16.5. The summed E-state index contributed by atoms with van der Waals surface area (Å²) in [5, 5.41) is 2.46. The van der Waals surface area contributed by atoms with Crippen LogP contribution in [0.3, 0.4) is 0 Å². The molecule has 1 aliphatic heterocycles. The average Bonchev–Trinajstić information content (AvgIpc) is 3.18. The van der Waals surface area contributed by atoms with Crippen LogP contribution in [0, 0.1) is 0 Å². The highest BCUT2D eigenvalue weighted by Gasteiger charge is 2.23. The maximum absolute atomic E-state index is 5.55. The Morgan fingerprint density at radius 2 is 1.68 bits per heavy atom. The van der Waals surface area contributed by atoms with Gasteiger partial charge in [0.1, 0.15) is 5.82 Å². The number of rotatable bonds is 4. The number of benzene rings is 2. The maximum atomic E-state index is 5.55. The van der Waals surface area contributed by atoms with Crippen molar-refractivity contribution in [2.45, 2.75) is 25.5 Å². The highest BCUT2D eigenvalue weighted by Crippen LogP contribution is 2.34. The first-order valence-corrected chi connectivity index (χ1v) is 10.0. The molecule has 2 aromatic carbocycles. The number of aromatic nitrogens is 2. The molecule has 0 radical (unpaired) electrons. The Labute approximate surface area is 165 Å². The summed E-state index contributed by atoms with van der Waals surface area (Å²) in [7, 11) is 1.82. The van der Waals surface area contributed by atoms with E-state index in [0.717, 1.165) is 43.8 Å². The first-order valence-electron chi connectivity index (χ1n) is 10.0. The van der Waals surface area contributed by atoms with Gasteiger partial charge in [-0.2, -0.15) is 0 Å². The van der Waals surface area contributed by atoms with Gasteiger partial charge in [-0.15, -0.1) is 0 Å². The summed E-state index contributed by atoms with van der Waals surface area (Å²) in [6, 6.07) is 21.4. The van der Waals surface area contributed by atoms with Crippen molar-refractivity contribution in [2.24, 2.45) is 0 Å². The number of pyridine rings is 1. The van der Waals surface area contributed by atoms with E-state index in [-0.39, 0.29) is 0 Å². The van der Waals surface area contributed by atoms with Crippen LogP contribution in [0.5, 0.6) is 0 Å². The van der Waals surface area contributed by atoms with Crippen molar-refractivity contribution in [3.8, 4) is 0 Å². The number of anilines is 1. The van der Waals surface area contributed by atoms with Crippen LogP contribution in [0.1, 0.15) is 18.4 Å². The number of para-hydroxylation sites is 1. The van der Waals surface area contributed by atoms with Crippen LogP contribution in [0.15, 0.2) is 66.9 Å². The number of ether oxygens (including phenoxy) is 1. The molecule has 0 N–H and O–H groups in total. The topological polar surface area (TPSA) is 30.3 Å². The van der Waals surface area contributed by atoms with Gasteiger partial charge in [-0.05, 0) is 30.5 Å². The maximum Gasteiger partial charge on any atom is 0.138 e. The number of piperidine rings is 1. The Hall–Kier alpha value is -2.85. The molecule has 0 amide bonds. The first kappa shape index (κ1) is 17.3. The lowest BCUT2D eigenvalue weighted by Gasteiger charge is -2.32. The van der Waals surface area contributed by atoms with Crippen molar-refractivity contribution in [1.29, 1.82) is 0 Å². The second kappa shape index (κ2) is 7.28. The van der Waals surface area contributed by atoms with Gasteiger partial charge in [-0.25, -0.2) is 4.98 Å². The quantitative estimate of drug-likeness (QED) is 0.514. The van der Waals surface area contributed by atoms with Crippen molar-refractivity contribution >= 4 is 27.6 Å². The summed E-state index contributed by atoms with van der Waals surface area (Å²) in [5.74, 6) is 1.11. The molecule has 142 valence electrons. The van der Waals surface area contributed by atoms with Crippen LogP contribution in [0.4, 0.5) is 5.82 Å². The molecule has 0 bridgehead atoms. The lowest BCUT2D eigenvalue weighted by Crippen LogP contribution is -2.37. The number of nitrogens with zero attached hydrogens (tertiary/aromatic N) is 3. The molecule has 4 nitrogen and oxygen atoms in total. The smallest absolute Gasteiger partial charge is 0.138 e. The van der Waals surface area contributed by atoms with E-state index in [0.29, 0.717) is 6.10 Å². The molecule has 5 rings (SSSR count). The molecule has 4 heteroatoms. The second-order valence-corrected chi connectivity index (χ2v) is 7.57. The lowest BCUT2D eigenvalue weighted by atomic mass is 10.1. The molecule has 1 saturated heterocycles. The van der Waals surface area contributed by atoms with Crippen molar-refractivity contribution in [1.82, 2.24) is 9.55 Å². The van der Waals surface area contributed by atoms with Crippen molar-refractivity contribution in [3.63, 3.8) is 0 Å². The minimum atomic E-state index is 0.370. The van der Waals surface area contributed by atoms with E-state index in [2.05, 4.69) is 76.3 Å². The normalized spacial score (nSPS) is 15.5. The van der Waals surface area contributed by atoms with Crippen molar-refractivity contribution < 1.29 is 4.74 Å². The summed E-state index contributed by atoms with van der Waals surface area (Å²) < 4.78 is 7.91. The Morgan fingerprint density at radius 1 is 0.929 bits per heavy atom. The molecule has 0 atom stereocenters. The van der Waals surface area contributed by atoms with E-state index < -0.39 is 0 Å². The molecular formula is C24H25N3O. The Morgan fingerprint density at radius 3 is 2.46 bits per heavy atom. The molecule has 28 heavy (non-hydrogen) atoms. The minimum Gasteiger partial charge on any atom is -0.381 e. The molecule has 0 saturated carbocycles. The fraction of sp³-hybridized carbons (Fsp3) is 0.292. The highest BCUT2D eigenvalue weighted by molar-refractivity contribution is 6.08. The average molecular weight is 371 g/mol. The molecular weight excluding hydrogens is 346 g/mol. The van der Waals surface area contributed by atoms with Gasteiger partial charge in [-0.3, -0.25) is 0 Å². The zero-order valence-corrected chi connectivity index (χ0v) is 16.2. The monoisotopic (exact) mass is 371 g/mol. The molecule has 0 unspecified atom stereocenters. The molecule has 1 aliphatic rings. The van der Waals surface area contributed by atoms with E-state index in [4.69, 9.17) is 9.72 Å². The van der Waals surface area contributed by atoms with Gasteiger partial charge in [-0.1, -0.05) is 48.5 Å². The van der Waals surface area contributed by atoms with Gasteiger partial charge < -0.3 is 14.2 Å². The number of methoxy groups -OCH3 is 1. The fourth-order valence-electron chi connectivity index (χ4n) is 4.35. The van der Waals surface area contributed by atoms with E-state index in [1.54, 1.807) is 0 Å². The molecule has 3 heterocycles. The van der Waals surface area contributed by atoms with Crippen LogP contribution in [0.2, 0.25) is 0 Å². The van der Waals surface area contributed by atoms with Gasteiger partial charge in [0.2, 0.25) is 0 Å². The van der Waals surface area contributed by atoms with Crippen LogP contribution in [-0.4, -0.2) is 35.9 Å². The van der Waals surface area contributed by atoms with Gasteiger partial charge in [0.15, 0.2) is 0 Å². The number of hydrogen-bond donors (Lipinski definition) is 0. The third kappa shape index (κ3) is 3.04. The molecule has 2 aromatic heterocycles. The summed E-state index contributed by atoms with van der Waals surface area (Å²) in [6.07, 6.45) is 4.68. The Bertz CT molecular complexity index is 1090. The second-order valence-electron chi connectivity index (χ2n) is 7.57. The largest absolute Gasteiger partial charge is 0.381 e. The van der Waals surface area contributed by atoms with E-state index in [9.17, 15) is 0 Å². The Balaban J connectivity index is 1.63. The zero-order valence-electron chi connectivity index (χ0n) is 16.2. The van der Waals surface area contributed by atoms with Crippen molar-refractivity contribution in [3.05, 3.63) is 72.4 Å². The standard InChI is InChI=1S/C24H25N3O/c1-28-19-11-14-26(15-12-19)24-21-13-16-27(17-18-7-3-2-4-8-18)23(21)20-9-5-6-10-22(20)25-24/h2-10,13,16,19H,11-12,14-15,17H2,1H3.